The van der Waals surface area contributed by atoms with Crippen molar-refractivity contribution in [2.75, 3.05) is 0 Å². The van der Waals surface area contributed by atoms with Crippen LogP contribution >= 0.6 is 0 Å². The van der Waals surface area contributed by atoms with Crippen molar-refractivity contribution < 1.29 is 34.2 Å². The van der Waals surface area contributed by atoms with E-state index in [9.17, 15) is 34.2 Å². The van der Waals surface area contributed by atoms with Crippen molar-refractivity contribution in [2.24, 2.45) is 11.7 Å². The molecule has 11 nitrogen and oxygen atoms in total. The first-order chi connectivity index (χ1) is 18.5. The molecule has 2 aromatic rings. The minimum Gasteiger partial charge on any atom is -0.481 e. The molecule has 0 heterocycles. The van der Waals surface area contributed by atoms with Crippen LogP contribution in [0.15, 0.2) is 60.7 Å². The van der Waals surface area contributed by atoms with E-state index in [4.69, 9.17) is 5.73 Å². The maximum absolute atomic E-state index is 13.3. The molecule has 0 saturated carbocycles. The van der Waals surface area contributed by atoms with E-state index in [1.54, 1.807) is 44.2 Å². The number of carboxylic acid groups (broad SMARTS) is 2. The average Bonchev–Trinajstić information content (AvgIpc) is 2.88. The molecule has 0 aliphatic carbocycles. The molecule has 0 aliphatic rings. The third-order valence-electron chi connectivity index (χ3n) is 5.88. The molecule has 3 amide bonds. The summed E-state index contributed by atoms with van der Waals surface area (Å²) in [5.74, 6) is -5.08. The molecule has 39 heavy (non-hydrogen) atoms. The zero-order valence-electron chi connectivity index (χ0n) is 22.0. The lowest BCUT2D eigenvalue weighted by Crippen LogP contribution is -2.58. The molecular formula is C28H36N4O7. The number of aliphatic carboxylic acids is 2. The number of carboxylic acids is 2. The summed E-state index contributed by atoms with van der Waals surface area (Å²) in [4.78, 5) is 62.1. The van der Waals surface area contributed by atoms with Crippen LogP contribution in [0.2, 0.25) is 0 Å². The number of hydrogen-bond donors (Lipinski definition) is 6. The molecule has 0 spiro atoms. The molecule has 11 heteroatoms. The van der Waals surface area contributed by atoms with E-state index in [1.807, 2.05) is 30.3 Å². The van der Waals surface area contributed by atoms with E-state index in [2.05, 4.69) is 16.0 Å². The zero-order chi connectivity index (χ0) is 28.9. The number of carbonyl (C=O) groups is 5. The van der Waals surface area contributed by atoms with Gasteiger partial charge in [0.2, 0.25) is 17.7 Å². The Morgan fingerprint density at radius 1 is 0.692 bits per heavy atom. The van der Waals surface area contributed by atoms with E-state index in [0.29, 0.717) is 5.56 Å². The first kappa shape index (κ1) is 31.0. The van der Waals surface area contributed by atoms with Crippen molar-refractivity contribution in [3.63, 3.8) is 0 Å². The van der Waals surface area contributed by atoms with Gasteiger partial charge in [0.1, 0.15) is 18.1 Å². The number of benzene rings is 2. The summed E-state index contributed by atoms with van der Waals surface area (Å²) in [6, 6.07) is 12.9. The first-order valence-electron chi connectivity index (χ1n) is 12.6. The van der Waals surface area contributed by atoms with Crippen molar-refractivity contribution in [3.05, 3.63) is 71.8 Å². The number of nitrogens with one attached hydrogen (secondary N) is 3. The van der Waals surface area contributed by atoms with Crippen molar-refractivity contribution >= 4 is 29.7 Å². The van der Waals surface area contributed by atoms with Crippen LogP contribution in [0.1, 0.15) is 37.8 Å². The van der Waals surface area contributed by atoms with Crippen molar-refractivity contribution in [1.82, 2.24) is 16.0 Å². The topological polar surface area (TPSA) is 188 Å². The van der Waals surface area contributed by atoms with Gasteiger partial charge in [0.15, 0.2) is 0 Å². The second kappa shape index (κ2) is 15.2. The van der Waals surface area contributed by atoms with Gasteiger partial charge in [-0.2, -0.15) is 0 Å². The zero-order valence-corrected chi connectivity index (χ0v) is 22.0. The predicted octanol–water partition coefficient (Wildman–Crippen LogP) is 0.859. The molecule has 0 fully saturated rings. The molecule has 4 unspecified atom stereocenters. The van der Waals surface area contributed by atoms with Crippen molar-refractivity contribution in [1.29, 1.82) is 0 Å². The highest BCUT2D eigenvalue weighted by molar-refractivity contribution is 5.95. The lowest BCUT2D eigenvalue weighted by molar-refractivity contribution is -0.144. The Morgan fingerprint density at radius 3 is 1.64 bits per heavy atom. The van der Waals surface area contributed by atoms with Crippen LogP contribution in [0, 0.1) is 5.92 Å². The Bertz CT molecular complexity index is 1130. The highest BCUT2D eigenvalue weighted by Crippen LogP contribution is 2.09. The summed E-state index contributed by atoms with van der Waals surface area (Å²) < 4.78 is 0. The van der Waals surface area contributed by atoms with Gasteiger partial charge >= 0.3 is 11.9 Å². The summed E-state index contributed by atoms with van der Waals surface area (Å²) in [6.07, 6.45) is -0.405. The Labute approximate surface area is 227 Å². The maximum Gasteiger partial charge on any atom is 0.326 e. The Morgan fingerprint density at radius 2 is 1.15 bits per heavy atom. The van der Waals surface area contributed by atoms with Crippen molar-refractivity contribution in [2.45, 2.75) is 63.7 Å². The van der Waals surface area contributed by atoms with E-state index in [-0.39, 0.29) is 25.2 Å². The van der Waals surface area contributed by atoms with Gasteiger partial charge < -0.3 is 31.9 Å². The van der Waals surface area contributed by atoms with Crippen LogP contribution in [0.5, 0.6) is 0 Å². The summed E-state index contributed by atoms with van der Waals surface area (Å²) in [7, 11) is 0. The van der Waals surface area contributed by atoms with Gasteiger partial charge in [-0.3, -0.25) is 19.2 Å². The lowest BCUT2D eigenvalue weighted by Gasteiger charge is -2.25. The Hall–Kier alpha value is -4.25. The molecule has 0 aliphatic heterocycles. The van der Waals surface area contributed by atoms with Crippen LogP contribution in [-0.2, 0) is 36.8 Å². The monoisotopic (exact) mass is 540 g/mol. The minimum atomic E-state index is -1.57. The molecule has 0 radical (unpaired) electrons. The van der Waals surface area contributed by atoms with E-state index >= 15 is 0 Å². The molecule has 210 valence electrons. The molecule has 0 saturated heterocycles. The number of nitrogens with two attached hydrogens (primary N) is 1. The van der Waals surface area contributed by atoms with E-state index in [1.165, 1.54) is 0 Å². The molecule has 0 aromatic heterocycles. The van der Waals surface area contributed by atoms with Gasteiger partial charge in [-0.1, -0.05) is 74.5 Å². The standard InChI is InChI=1S/C28H36N4O7/c1-17(2)13-23(28(38)39)32-27(37)22(16-24(33)34)31-26(36)21(15-19-11-7-4-8-12-19)30-25(35)20(29)14-18-9-5-3-6-10-18/h3-12,17,20-23H,13-16,29H2,1-2H3,(H,30,35)(H,31,36)(H,32,37)(H,33,34)(H,38,39). The number of carbonyl (C=O) groups excluding carboxylic acids is 3. The van der Waals surface area contributed by atoms with Gasteiger partial charge in [0.25, 0.3) is 0 Å². The molecule has 7 N–H and O–H groups in total. The lowest BCUT2D eigenvalue weighted by atomic mass is 10.0. The van der Waals surface area contributed by atoms with Crippen molar-refractivity contribution in [3.8, 4) is 0 Å². The Kier molecular flexibility index (Phi) is 12.1. The summed E-state index contributed by atoms with van der Waals surface area (Å²) in [5.41, 5.74) is 7.62. The van der Waals surface area contributed by atoms with Crippen LogP contribution in [0.25, 0.3) is 0 Å². The largest absolute Gasteiger partial charge is 0.481 e. The average molecular weight is 541 g/mol. The third kappa shape index (κ3) is 10.9. The van der Waals surface area contributed by atoms with Crippen LogP contribution in [0.4, 0.5) is 0 Å². The fourth-order valence-corrected chi connectivity index (χ4v) is 3.92. The number of hydrogen-bond acceptors (Lipinski definition) is 6. The SMILES string of the molecule is CC(C)CC(NC(=O)C(CC(=O)O)NC(=O)C(Cc1ccccc1)NC(=O)C(N)Cc1ccccc1)C(=O)O. The van der Waals surface area contributed by atoms with Gasteiger partial charge in [0, 0.05) is 6.42 Å². The second-order valence-corrected chi connectivity index (χ2v) is 9.74. The maximum atomic E-state index is 13.3. The highest BCUT2D eigenvalue weighted by Gasteiger charge is 2.32. The third-order valence-corrected chi connectivity index (χ3v) is 5.88. The fraction of sp³-hybridized carbons (Fsp3) is 0.393. The molecule has 0 bridgehead atoms. The normalized spacial score (nSPS) is 13.9. The smallest absolute Gasteiger partial charge is 0.326 e. The molecular weight excluding hydrogens is 504 g/mol. The summed E-state index contributed by atoms with van der Waals surface area (Å²) in [5, 5.41) is 26.1. The van der Waals surface area contributed by atoms with Crippen LogP contribution in [0.3, 0.4) is 0 Å². The second-order valence-electron chi connectivity index (χ2n) is 9.74. The van der Waals surface area contributed by atoms with Gasteiger partial charge in [-0.15, -0.1) is 0 Å². The number of amides is 3. The summed E-state index contributed by atoms with van der Waals surface area (Å²) >= 11 is 0. The molecule has 2 aromatic carbocycles. The molecule has 2 rings (SSSR count). The number of rotatable bonds is 15. The quantitative estimate of drug-likeness (QED) is 0.192. The van der Waals surface area contributed by atoms with E-state index in [0.717, 1.165) is 5.56 Å². The highest BCUT2D eigenvalue weighted by atomic mass is 16.4. The molecule has 4 atom stereocenters. The minimum absolute atomic E-state index is 0.0446. The van der Waals surface area contributed by atoms with E-state index < -0.39 is 60.2 Å². The summed E-state index contributed by atoms with van der Waals surface area (Å²) in [6.45, 7) is 3.55. The van der Waals surface area contributed by atoms with Gasteiger partial charge in [-0.25, -0.2) is 4.79 Å². The first-order valence-corrected chi connectivity index (χ1v) is 12.6. The predicted molar refractivity (Wildman–Crippen MR) is 143 cm³/mol. The fourth-order valence-electron chi connectivity index (χ4n) is 3.92. The van der Waals surface area contributed by atoms with Crippen LogP contribution in [-0.4, -0.2) is 64.0 Å². The van der Waals surface area contributed by atoms with Crippen LogP contribution < -0.4 is 21.7 Å². The Balaban J connectivity index is 2.21. The van der Waals surface area contributed by atoms with Gasteiger partial charge in [-0.05, 0) is 29.9 Å². The van der Waals surface area contributed by atoms with Gasteiger partial charge in [0.05, 0.1) is 12.5 Å².